The van der Waals surface area contributed by atoms with Crippen molar-refractivity contribution >= 4 is 5.91 Å². The second kappa shape index (κ2) is 20.7. The van der Waals surface area contributed by atoms with Gasteiger partial charge in [0.2, 0.25) is 5.91 Å². The smallest absolute Gasteiger partial charge is 0.220 e. The Bertz CT molecular complexity index is 449. The lowest BCUT2D eigenvalue weighted by Gasteiger charge is -2.11. The summed E-state index contributed by atoms with van der Waals surface area (Å²) in [6, 6.07) is 0. The minimum absolute atomic E-state index is 0.0115. The van der Waals surface area contributed by atoms with Gasteiger partial charge in [0.1, 0.15) is 0 Å². The zero-order chi connectivity index (χ0) is 20.0. The van der Waals surface area contributed by atoms with Gasteiger partial charge in [-0.3, -0.25) is 4.79 Å². The monoisotopic (exact) mass is 374 g/mol. The number of unbranched alkanes of at least 4 members (excludes halogenated alkanes) is 4. The minimum Gasteiger partial charge on any atom is -0.369 e. The summed E-state index contributed by atoms with van der Waals surface area (Å²) in [5.41, 5.74) is 11.0. The Labute approximate surface area is 167 Å². The number of amides is 1. The predicted octanol–water partition coefficient (Wildman–Crippen LogP) is 5.97. The first-order valence-corrected chi connectivity index (χ1v) is 10.8. The lowest BCUT2D eigenvalue weighted by Crippen LogP contribution is -2.23. The van der Waals surface area contributed by atoms with Crippen LogP contribution in [0.1, 0.15) is 84.0 Å². The molecule has 0 fully saturated rings. The van der Waals surface area contributed by atoms with Crippen LogP contribution in [-0.2, 0) is 4.79 Å². The van der Waals surface area contributed by atoms with Crippen molar-refractivity contribution < 1.29 is 4.79 Å². The third-order valence-corrected chi connectivity index (χ3v) is 4.55. The largest absolute Gasteiger partial charge is 0.369 e. The Balaban J connectivity index is 3.68. The van der Waals surface area contributed by atoms with Gasteiger partial charge in [-0.1, -0.05) is 74.8 Å². The van der Waals surface area contributed by atoms with Crippen LogP contribution in [-0.4, -0.2) is 12.5 Å². The third kappa shape index (κ3) is 19.0. The predicted molar refractivity (Wildman–Crippen MR) is 119 cm³/mol. The molecule has 154 valence electrons. The lowest BCUT2D eigenvalue weighted by molar-refractivity contribution is -0.122. The number of hydrogen-bond acceptors (Lipinski definition) is 2. The average Bonchev–Trinajstić information content (AvgIpc) is 2.66. The fraction of sp³-hybridized carbons (Fsp3) is 0.625. The fourth-order valence-corrected chi connectivity index (χ4v) is 2.82. The van der Waals surface area contributed by atoms with Crippen molar-refractivity contribution in [2.75, 3.05) is 6.54 Å². The molecule has 0 saturated heterocycles. The molecular weight excluding hydrogens is 332 g/mol. The number of carbonyl (C=O) groups excluding carboxylic acids is 1. The molecule has 0 saturated carbocycles. The molecular formula is C24H42N2O. The van der Waals surface area contributed by atoms with E-state index in [-0.39, 0.29) is 11.8 Å². The van der Waals surface area contributed by atoms with E-state index in [0.717, 1.165) is 51.4 Å². The Kier molecular flexibility index (Phi) is 19.5. The summed E-state index contributed by atoms with van der Waals surface area (Å²) >= 11 is 0. The van der Waals surface area contributed by atoms with Gasteiger partial charge >= 0.3 is 0 Å². The molecule has 27 heavy (non-hydrogen) atoms. The molecule has 0 aromatic rings. The molecule has 3 heteroatoms. The van der Waals surface area contributed by atoms with Gasteiger partial charge in [0, 0.05) is 5.92 Å². The summed E-state index contributed by atoms with van der Waals surface area (Å²) < 4.78 is 0. The quantitative estimate of drug-likeness (QED) is 0.229. The van der Waals surface area contributed by atoms with Crippen LogP contribution < -0.4 is 11.5 Å². The molecule has 0 rings (SSSR count). The molecule has 1 atom stereocenters. The summed E-state index contributed by atoms with van der Waals surface area (Å²) in [5.74, 6) is -0.189. The molecule has 0 aromatic carbocycles. The number of rotatable bonds is 18. The summed E-state index contributed by atoms with van der Waals surface area (Å²) in [6.07, 6.45) is 30.4. The first kappa shape index (κ1) is 25.4. The first-order chi connectivity index (χ1) is 13.2. The van der Waals surface area contributed by atoms with Crippen molar-refractivity contribution in [1.82, 2.24) is 0 Å². The van der Waals surface area contributed by atoms with E-state index in [0.29, 0.717) is 6.54 Å². The van der Waals surface area contributed by atoms with E-state index in [2.05, 4.69) is 55.5 Å². The van der Waals surface area contributed by atoms with Gasteiger partial charge in [0.25, 0.3) is 0 Å². The van der Waals surface area contributed by atoms with Crippen molar-refractivity contribution in [3.05, 3.63) is 48.6 Å². The SMILES string of the molecule is CCCCCC=CCC=CCC=CCC=CCCC(CCCCN)C(N)=O. The Hall–Kier alpha value is -1.61. The molecule has 0 spiro atoms. The maximum absolute atomic E-state index is 11.4. The maximum Gasteiger partial charge on any atom is 0.220 e. The normalized spacial score (nSPS) is 13.6. The first-order valence-electron chi connectivity index (χ1n) is 10.8. The molecule has 1 amide bonds. The molecule has 3 nitrogen and oxygen atoms in total. The van der Waals surface area contributed by atoms with E-state index in [1.54, 1.807) is 0 Å². The Morgan fingerprint density at radius 1 is 0.741 bits per heavy atom. The molecule has 1 unspecified atom stereocenters. The van der Waals surface area contributed by atoms with Crippen LogP contribution in [0.5, 0.6) is 0 Å². The molecule has 0 aliphatic carbocycles. The van der Waals surface area contributed by atoms with Gasteiger partial charge in [-0.15, -0.1) is 0 Å². The summed E-state index contributed by atoms with van der Waals surface area (Å²) in [5, 5.41) is 0. The van der Waals surface area contributed by atoms with Crippen LogP contribution >= 0.6 is 0 Å². The van der Waals surface area contributed by atoms with E-state index in [1.165, 1.54) is 25.7 Å². The Morgan fingerprint density at radius 3 is 1.81 bits per heavy atom. The van der Waals surface area contributed by atoms with Crippen LogP contribution in [0.15, 0.2) is 48.6 Å². The number of hydrogen-bond donors (Lipinski definition) is 2. The maximum atomic E-state index is 11.4. The van der Waals surface area contributed by atoms with E-state index in [1.807, 2.05) is 0 Å². The van der Waals surface area contributed by atoms with Crippen LogP contribution in [0.2, 0.25) is 0 Å². The molecule has 0 bridgehead atoms. The van der Waals surface area contributed by atoms with Crippen molar-refractivity contribution in [3.8, 4) is 0 Å². The molecule has 4 N–H and O–H groups in total. The van der Waals surface area contributed by atoms with Crippen molar-refractivity contribution in [1.29, 1.82) is 0 Å². The molecule has 0 radical (unpaired) electrons. The zero-order valence-electron chi connectivity index (χ0n) is 17.5. The Morgan fingerprint density at radius 2 is 1.30 bits per heavy atom. The second-order valence-electron chi connectivity index (χ2n) is 7.05. The highest BCUT2D eigenvalue weighted by molar-refractivity contribution is 5.76. The van der Waals surface area contributed by atoms with Crippen molar-refractivity contribution in [2.24, 2.45) is 17.4 Å². The molecule has 0 aliphatic rings. The highest BCUT2D eigenvalue weighted by Gasteiger charge is 2.13. The summed E-state index contributed by atoms with van der Waals surface area (Å²) in [7, 11) is 0. The summed E-state index contributed by atoms with van der Waals surface area (Å²) in [4.78, 5) is 11.4. The van der Waals surface area contributed by atoms with Gasteiger partial charge in [-0.25, -0.2) is 0 Å². The number of primary amides is 1. The topological polar surface area (TPSA) is 69.1 Å². The minimum atomic E-state index is -0.178. The highest BCUT2D eigenvalue weighted by atomic mass is 16.1. The van der Waals surface area contributed by atoms with Crippen LogP contribution in [0.3, 0.4) is 0 Å². The van der Waals surface area contributed by atoms with Gasteiger partial charge in [-0.05, 0) is 64.3 Å². The van der Waals surface area contributed by atoms with E-state index >= 15 is 0 Å². The van der Waals surface area contributed by atoms with Crippen LogP contribution in [0.25, 0.3) is 0 Å². The van der Waals surface area contributed by atoms with E-state index in [4.69, 9.17) is 11.5 Å². The molecule has 0 aliphatic heterocycles. The standard InChI is InChI=1S/C24H42N2O/c1-2-3-4-5-6-7-8-9-10-11-12-13-14-15-16-17-20-23(24(26)27)21-18-19-22-25/h6-7,9-10,12-13,15-16,23H,2-5,8,11,14,17-22,25H2,1H3,(H2,26,27). The number of carbonyl (C=O) groups is 1. The molecule has 0 heterocycles. The van der Waals surface area contributed by atoms with Crippen LogP contribution in [0.4, 0.5) is 0 Å². The number of nitrogens with two attached hydrogens (primary N) is 2. The lowest BCUT2D eigenvalue weighted by atomic mass is 9.96. The van der Waals surface area contributed by atoms with Gasteiger partial charge in [-0.2, -0.15) is 0 Å². The summed E-state index contributed by atoms with van der Waals surface area (Å²) in [6.45, 7) is 2.92. The zero-order valence-corrected chi connectivity index (χ0v) is 17.5. The van der Waals surface area contributed by atoms with Gasteiger partial charge < -0.3 is 11.5 Å². The van der Waals surface area contributed by atoms with Gasteiger partial charge in [0.05, 0.1) is 0 Å². The second-order valence-corrected chi connectivity index (χ2v) is 7.05. The highest BCUT2D eigenvalue weighted by Crippen LogP contribution is 2.14. The van der Waals surface area contributed by atoms with Crippen LogP contribution in [0, 0.1) is 5.92 Å². The molecule has 0 aromatic heterocycles. The van der Waals surface area contributed by atoms with E-state index in [9.17, 15) is 4.79 Å². The fourth-order valence-electron chi connectivity index (χ4n) is 2.82. The van der Waals surface area contributed by atoms with Gasteiger partial charge in [0.15, 0.2) is 0 Å². The average molecular weight is 375 g/mol. The van der Waals surface area contributed by atoms with Crippen molar-refractivity contribution in [3.63, 3.8) is 0 Å². The third-order valence-electron chi connectivity index (χ3n) is 4.55. The van der Waals surface area contributed by atoms with E-state index < -0.39 is 0 Å². The van der Waals surface area contributed by atoms with Crippen molar-refractivity contribution in [2.45, 2.75) is 84.0 Å². The number of allylic oxidation sites excluding steroid dienone is 8.